The molecule has 0 spiro atoms. The predicted molar refractivity (Wildman–Crippen MR) is 75.0 cm³/mol. The van der Waals surface area contributed by atoms with Crippen molar-refractivity contribution in [1.82, 2.24) is 5.32 Å². The summed E-state index contributed by atoms with van der Waals surface area (Å²) in [5.41, 5.74) is 0.696. The zero-order chi connectivity index (χ0) is 14.4. The van der Waals surface area contributed by atoms with E-state index in [4.69, 9.17) is 9.47 Å². The Hall–Kier alpha value is -1.59. The van der Waals surface area contributed by atoms with E-state index < -0.39 is 12.0 Å². The largest absolute Gasteiger partial charge is 0.494 e. The second kappa shape index (κ2) is 7.26. The summed E-state index contributed by atoms with van der Waals surface area (Å²) in [6.07, 6.45) is 2.15. The molecule has 0 saturated carbocycles. The van der Waals surface area contributed by atoms with Crippen molar-refractivity contribution in [1.29, 1.82) is 0 Å². The lowest BCUT2D eigenvalue weighted by Crippen LogP contribution is -2.34. The van der Waals surface area contributed by atoms with E-state index in [-0.39, 0.29) is 6.10 Å². The van der Waals surface area contributed by atoms with Crippen LogP contribution in [0.15, 0.2) is 24.3 Å². The Morgan fingerprint density at radius 2 is 2.45 bits per heavy atom. The first-order chi connectivity index (χ1) is 9.70. The fourth-order valence-electron chi connectivity index (χ4n) is 2.35. The van der Waals surface area contributed by atoms with Crippen LogP contribution in [-0.2, 0) is 9.53 Å². The van der Waals surface area contributed by atoms with Gasteiger partial charge in [-0.25, -0.2) is 0 Å². The van der Waals surface area contributed by atoms with Crippen LogP contribution in [0.25, 0.3) is 0 Å². The molecule has 0 amide bonds. The second-order valence-corrected chi connectivity index (χ2v) is 4.82. The molecule has 2 rings (SSSR count). The molecule has 2 atom stereocenters. The number of nitrogens with one attached hydrogen (secondary N) is 1. The average molecular weight is 279 g/mol. The van der Waals surface area contributed by atoms with Gasteiger partial charge in [0.25, 0.3) is 0 Å². The average Bonchev–Trinajstić information content (AvgIpc) is 2.93. The van der Waals surface area contributed by atoms with Crippen LogP contribution in [0.1, 0.15) is 31.4 Å². The Morgan fingerprint density at radius 1 is 1.60 bits per heavy atom. The number of hydrogen-bond donors (Lipinski definition) is 2. The highest BCUT2D eigenvalue weighted by Crippen LogP contribution is 2.20. The standard InChI is InChI=1S/C15H21NO4/c1-2-19-12-6-3-5-11(9-12)14(15(17)18)16-10-13-7-4-8-20-13/h3,5-6,9,13-14,16H,2,4,7-8,10H2,1H3,(H,17,18). The first-order valence-corrected chi connectivity index (χ1v) is 7.01. The first-order valence-electron chi connectivity index (χ1n) is 7.01. The summed E-state index contributed by atoms with van der Waals surface area (Å²) in [5.74, 6) is -0.202. The molecule has 1 fully saturated rings. The number of carboxylic acid groups (broad SMARTS) is 1. The highest BCUT2D eigenvalue weighted by atomic mass is 16.5. The summed E-state index contributed by atoms with van der Waals surface area (Å²) >= 11 is 0. The molecule has 1 aromatic carbocycles. The SMILES string of the molecule is CCOc1cccc(C(NCC2CCCO2)C(=O)O)c1. The number of carbonyl (C=O) groups is 1. The number of carboxylic acids is 1. The lowest BCUT2D eigenvalue weighted by molar-refractivity contribution is -0.139. The van der Waals surface area contributed by atoms with E-state index >= 15 is 0 Å². The minimum absolute atomic E-state index is 0.118. The maximum atomic E-state index is 11.4. The molecule has 5 heteroatoms. The zero-order valence-corrected chi connectivity index (χ0v) is 11.7. The zero-order valence-electron chi connectivity index (χ0n) is 11.7. The molecular formula is C15H21NO4. The van der Waals surface area contributed by atoms with Crippen LogP contribution in [0, 0.1) is 0 Å². The van der Waals surface area contributed by atoms with Crippen LogP contribution in [-0.4, -0.2) is 36.9 Å². The van der Waals surface area contributed by atoms with Gasteiger partial charge < -0.3 is 14.6 Å². The molecule has 2 N–H and O–H groups in total. The topological polar surface area (TPSA) is 67.8 Å². The van der Waals surface area contributed by atoms with Crippen molar-refractivity contribution in [3.8, 4) is 5.75 Å². The van der Waals surface area contributed by atoms with Gasteiger partial charge in [-0.15, -0.1) is 0 Å². The molecule has 0 radical (unpaired) electrons. The highest BCUT2D eigenvalue weighted by Gasteiger charge is 2.23. The summed E-state index contributed by atoms with van der Waals surface area (Å²) in [6.45, 7) is 3.78. The first kappa shape index (κ1) is 14.8. The van der Waals surface area contributed by atoms with E-state index in [1.54, 1.807) is 12.1 Å². The molecule has 5 nitrogen and oxygen atoms in total. The molecule has 1 aliphatic heterocycles. The molecule has 0 aliphatic carbocycles. The predicted octanol–water partition coefficient (Wildman–Crippen LogP) is 1.98. The van der Waals surface area contributed by atoms with E-state index in [1.807, 2.05) is 19.1 Å². The van der Waals surface area contributed by atoms with Gasteiger partial charge in [-0.05, 0) is 37.5 Å². The third-order valence-electron chi connectivity index (χ3n) is 3.32. The van der Waals surface area contributed by atoms with E-state index in [9.17, 15) is 9.90 Å². The van der Waals surface area contributed by atoms with Gasteiger partial charge in [0.05, 0.1) is 12.7 Å². The van der Waals surface area contributed by atoms with Crippen LogP contribution >= 0.6 is 0 Å². The highest BCUT2D eigenvalue weighted by molar-refractivity contribution is 5.75. The Labute approximate surface area is 118 Å². The summed E-state index contributed by atoms with van der Waals surface area (Å²) in [5, 5.41) is 12.4. The minimum atomic E-state index is -0.892. The van der Waals surface area contributed by atoms with Gasteiger partial charge in [0.1, 0.15) is 11.8 Å². The van der Waals surface area contributed by atoms with Gasteiger partial charge in [-0.1, -0.05) is 12.1 Å². The number of hydrogen-bond acceptors (Lipinski definition) is 4. The van der Waals surface area contributed by atoms with Gasteiger partial charge in [-0.2, -0.15) is 0 Å². The van der Waals surface area contributed by atoms with Crippen LogP contribution in [0.4, 0.5) is 0 Å². The van der Waals surface area contributed by atoms with Gasteiger partial charge >= 0.3 is 5.97 Å². The third-order valence-corrected chi connectivity index (χ3v) is 3.32. The van der Waals surface area contributed by atoms with Crippen molar-refractivity contribution in [2.45, 2.75) is 31.9 Å². The van der Waals surface area contributed by atoms with E-state index in [2.05, 4.69) is 5.32 Å². The van der Waals surface area contributed by atoms with Crippen LogP contribution < -0.4 is 10.1 Å². The van der Waals surface area contributed by atoms with E-state index in [0.29, 0.717) is 24.5 Å². The fourth-order valence-corrected chi connectivity index (χ4v) is 2.35. The molecule has 1 heterocycles. The van der Waals surface area contributed by atoms with Gasteiger partial charge in [0.15, 0.2) is 0 Å². The molecule has 20 heavy (non-hydrogen) atoms. The number of aliphatic carboxylic acids is 1. The van der Waals surface area contributed by atoms with Crippen molar-refractivity contribution < 1.29 is 19.4 Å². The van der Waals surface area contributed by atoms with Crippen LogP contribution in [0.5, 0.6) is 5.75 Å². The molecular weight excluding hydrogens is 258 g/mol. The smallest absolute Gasteiger partial charge is 0.325 e. The van der Waals surface area contributed by atoms with Crippen molar-refractivity contribution in [2.75, 3.05) is 19.8 Å². The Morgan fingerprint density at radius 3 is 3.10 bits per heavy atom. The second-order valence-electron chi connectivity index (χ2n) is 4.82. The van der Waals surface area contributed by atoms with Crippen molar-refractivity contribution in [2.24, 2.45) is 0 Å². The van der Waals surface area contributed by atoms with Crippen molar-refractivity contribution >= 4 is 5.97 Å². The lowest BCUT2D eigenvalue weighted by Gasteiger charge is -2.18. The quantitative estimate of drug-likeness (QED) is 0.799. The molecule has 0 bridgehead atoms. The number of rotatable bonds is 7. The monoisotopic (exact) mass is 279 g/mol. The van der Waals surface area contributed by atoms with Crippen molar-refractivity contribution in [3.05, 3.63) is 29.8 Å². The van der Waals surface area contributed by atoms with Gasteiger partial charge in [0.2, 0.25) is 0 Å². The molecule has 2 unspecified atom stereocenters. The summed E-state index contributed by atoms with van der Waals surface area (Å²) in [6, 6.07) is 6.46. The summed E-state index contributed by atoms with van der Waals surface area (Å²) in [4.78, 5) is 11.4. The Kier molecular flexibility index (Phi) is 5.38. The van der Waals surface area contributed by atoms with Gasteiger partial charge in [0, 0.05) is 13.2 Å². The minimum Gasteiger partial charge on any atom is -0.494 e. The molecule has 0 aromatic heterocycles. The third kappa shape index (κ3) is 3.95. The number of benzene rings is 1. The normalized spacial score (nSPS) is 19.8. The maximum absolute atomic E-state index is 11.4. The van der Waals surface area contributed by atoms with E-state index in [1.165, 1.54) is 0 Å². The van der Waals surface area contributed by atoms with E-state index in [0.717, 1.165) is 19.4 Å². The number of ether oxygens (including phenoxy) is 2. The fraction of sp³-hybridized carbons (Fsp3) is 0.533. The molecule has 1 saturated heterocycles. The maximum Gasteiger partial charge on any atom is 0.325 e. The van der Waals surface area contributed by atoms with Crippen LogP contribution in [0.3, 0.4) is 0 Å². The Balaban J connectivity index is 2.03. The summed E-state index contributed by atoms with van der Waals surface area (Å²) < 4.78 is 10.9. The molecule has 110 valence electrons. The lowest BCUT2D eigenvalue weighted by atomic mass is 10.1. The van der Waals surface area contributed by atoms with Gasteiger partial charge in [-0.3, -0.25) is 10.1 Å². The van der Waals surface area contributed by atoms with Crippen LogP contribution in [0.2, 0.25) is 0 Å². The van der Waals surface area contributed by atoms with Crippen molar-refractivity contribution in [3.63, 3.8) is 0 Å². The molecule has 1 aromatic rings. The Bertz CT molecular complexity index is 443. The molecule has 1 aliphatic rings. The summed E-state index contributed by atoms with van der Waals surface area (Å²) in [7, 11) is 0.